The van der Waals surface area contributed by atoms with Gasteiger partial charge in [-0.05, 0) is 17.7 Å². The molecule has 1 N–H and O–H groups in total. The molecule has 2 rings (SSSR count). The van der Waals surface area contributed by atoms with Crippen molar-refractivity contribution in [2.45, 2.75) is 25.8 Å². The summed E-state index contributed by atoms with van der Waals surface area (Å²) in [5.41, 5.74) is 1.54. The second-order valence-corrected chi connectivity index (χ2v) is 4.33. The topological polar surface area (TPSA) is 46.3 Å². The van der Waals surface area contributed by atoms with E-state index in [1.165, 1.54) is 0 Å². The van der Waals surface area contributed by atoms with Gasteiger partial charge in [0.1, 0.15) is 5.75 Å². The van der Waals surface area contributed by atoms with Crippen LogP contribution in [0.1, 0.15) is 25.0 Å². The van der Waals surface area contributed by atoms with Crippen molar-refractivity contribution in [2.24, 2.45) is 0 Å². The number of hydroxylamine groups is 1. The Morgan fingerprint density at radius 2 is 2.14 bits per heavy atom. The molecule has 0 spiro atoms. The molecule has 1 aromatic carbocycles. The number of phenols is 1. The van der Waals surface area contributed by atoms with E-state index >= 15 is 0 Å². The smallest absolute Gasteiger partial charge is 0.182 e. The largest absolute Gasteiger partial charge is 0.623 e. The van der Waals surface area contributed by atoms with E-state index < -0.39 is 0 Å². The first-order chi connectivity index (χ1) is 6.49. The van der Waals surface area contributed by atoms with Crippen LogP contribution in [-0.4, -0.2) is 21.6 Å². The molecule has 0 saturated heterocycles. The fourth-order valence-electron chi connectivity index (χ4n) is 1.71. The van der Waals surface area contributed by atoms with Gasteiger partial charge in [-0.3, -0.25) is 0 Å². The lowest BCUT2D eigenvalue weighted by molar-refractivity contribution is -0.537. The Bertz CT molecular complexity index is 408. The van der Waals surface area contributed by atoms with Gasteiger partial charge in [-0.2, -0.15) is 0 Å². The molecule has 3 nitrogen and oxygen atoms in total. The van der Waals surface area contributed by atoms with Gasteiger partial charge in [-0.1, -0.05) is 6.07 Å². The van der Waals surface area contributed by atoms with Gasteiger partial charge < -0.3 is 10.3 Å². The van der Waals surface area contributed by atoms with Gasteiger partial charge in [-0.15, -0.1) is 0 Å². The van der Waals surface area contributed by atoms with Crippen LogP contribution in [-0.2, 0) is 6.42 Å². The van der Waals surface area contributed by atoms with Crippen LogP contribution in [0.4, 0.5) is 0 Å². The molecule has 1 aromatic rings. The average molecular weight is 191 g/mol. The van der Waals surface area contributed by atoms with E-state index in [1.54, 1.807) is 18.3 Å². The molecule has 3 heteroatoms. The van der Waals surface area contributed by atoms with E-state index in [9.17, 15) is 10.3 Å². The van der Waals surface area contributed by atoms with E-state index in [-0.39, 0.29) is 11.3 Å². The molecule has 0 aromatic heterocycles. The van der Waals surface area contributed by atoms with Crippen LogP contribution in [0.5, 0.6) is 5.75 Å². The van der Waals surface area contributed by atoms with E-state index in [2.05, 4.69) is 0 Å². The van der Waals surface area contributed by atoms with Crippen molar-refractivity contribution in [1.29, 1.82) is 0 Å². The fraction of sp³-hybridized carbons (Fsp3) is 0.364. The number of benzene rings is 1. The number of hydrogen-bond donors (Lipinski definition) is 1. The highest BCUT2D eigenvalue weighted by atomic mass is 16.5. The Balaban J connectivity index is 2.54. The average Bonchev–Trinajstić information content (AvgIpc) is 2.08. The summed E-state index contributed by atoms with van der Waals surface area (Å²) in [5, 5.41) is 20.8. The molecule has 0 bridgehead atoms. The van der Waals surface area contributed by atoms with Gasteiger partial charge >= 0.3 is 0 Å². The van der Waals surface area contributed by atoms with Crippen LogP contribution >= 0.6 is 0 Å². The molecule has 14 heavy (non-hydrogen) atoms. The highest BCUT2D eigenvalue weighted by molar-refractivity contribution is 5.80. The number of hydrogen-bond acceptors (Lipinski definition) is 2. The molecule has 0 saturated carbocycles. The summed E-state index contributed by atoms with van der Waals surface area (Å²) >= 11 is 0. The predicted octanol–water partition coefficient (Wildman–Crippen LogP) is 1.66. The Hall–Kier alpha value is -1.51. The molecule has 0 aliphatic carbocycles. The molecule has 0 radical (unpaired) electrons. The standard InChI is InChI=1S/C11H13NO2/c1-11(2)6-8-3-4-10(13)5-9(8)7-12(11)14/h3-5,7,13H,6H2,1-2H3. The Morgan fingerprint density at radius 1 is 1.43 bits per heavy atom. The van der Waals surface area contributed by atoms with Crippen LogP contribution in [0.25, 0.3) is 0 Å². The number of nitrogens with zero attached hydrogens (tertiary/aromatic N) is 1. The zero-order chi connectivity index (χ0) is 10.3. The molecule has 0 amide bonds. The molecule has 1 aliphatic heterocycles. The molecule has 0 atom stereocenters. The van der Waals surface area contributed by atoms with Gasteiger partial charge in [0.05, 0.1) is 0 Å². The fourth-order valence-corrected chi connectivity index (χ4v) is 1.71. The minimum Gasteiger partial charge on any atom is -0.623 e. The first kappa shape index (κ1) is 9.06. The maximum absolute atomic E-state index is 11.6. The summed E-state index contributed by atoms with van der Waals surface area (Å²) in [6.45, 7) is 3.82. The van der Waals surface area contributed by atoms with Crippen LogP contribution in [0.2, 0.25) is 0 Å². The quantitative estimate of drug-likeness (QED) is 0.500. The van der Waals surface area contributed by atoms with E-state index in [0.717, 1.165) is 15.9 Å². The molecule has 1 heterocycles. The van der Waals surface area contributed by atoms with Crippen LogP contribution in [0.15, 0.2) is 18.2 Å². The molecule has 0 unspecified atom stereocenters. The van der Waals surface area contributed by atoms with Crippen LogP contribution in [0.3, 0.4) is 0 Å². The van der Waals surface area contributed by atoms with Gasteiger partial charge in [0.2, 0.25) is 0 Å². The monoisotopic (exact) mass is 191 g/mol. The Kier molecular flexibility index (Phi) is 1.77. The zero-order valence-corrected chi connectivity index (χ0v) is 8.32. The molecular weight excluding hydrogens is 178 g/mol. The highest BCUT2D eigenvalue weighted by Gasteiger charge is 2.31. The van der Waals surface area contributed by atoms with Crippen molar-refractivity contribution in [3.05, 3.63) is 34.5 Å². The van der Waals surface area contributed by atoms with Crippen LogP contribution in [0, 0.1) is 5.21 Å². The van der Waals surface area contributed by atoms with Gasteiger partial charge in [-0.25, -0.2) is 4.74 Å². The number of rotatable bonds is 0. The van der Waals surface area contributed by atoms with Crippen molar-refractivity contribution >= 4 is 6.21 Å². The van der Waals surface area contributed by atoms with Crippen molar-refractivity contribution in [3.8, 4) is 5.75 Å². The van der Waals surface area contributed by atoms with Crippen molar-refractivity contribution < 1.29 is 9.85 Å². The normalized spacial score (nSPS) is 18.6. The SMILES string of the molecule is CC1(C)Cc2ccc(O)cc2C=[N+]1[O-]. The third-order valence-electron chi connectivity index (χ3n) is 2.61. The maximum atomic E-state index is 11.6. The van der Waals surface area contributed by atoms with E-state index in [0.29, 0.717) is 6.42 Å². The summed E-state index contributed by atoms with van der Waals surface area (Å²) in [4.78, 5) is 0. The van der Waals surface area contributed by atoms with E-state index in [4.69, 9.17) is 0 Å². The molecule has 1 aliphatic rings. The first-order valence-corrected chi connectivity index (χ1v) is 4.62. The lowest BCUT2D eigenvalue weighted by Gasteiger charge is -2.28. The second kappa shape index (κ2) is 2.74. The lowest BCUT2D eigenvalue weighted by atomic mass is 9.89. The van der Waals surface area contributed by atoms with Gasteiger partial charge in [0.25, 0.3) is 0 Å². The van der Waals surface area contributed by atoms with Crippen molar-refractivity contribution in [3.63, 3.8) is 0 Å². The highest BCUT2D eigenvalue weighted by Crippen LogP contribution is 2.25. The first-order valence-electron chi connectivity index (χ1n) is 4.62. The number of phenolic OH excluding ortho intramolecular Hbond substituents is 1. The maximum Gasteiger partial charge on any atom is 0.182 e. The molecular formula is C11H13NO2. The Labute approximate surface area is 82.9 Å². The third-order valence-corrected chi connectivity index (χ3v) is 2.61. The molecule has 0 fully saturated rings. The second-order valence-electron chi connectivity index (χ2n) is 4.33. The molecule has 74 valence electrons. The summed E-state index contributed by atoms with van der Waals surface area (Å²) in [5.74, 6) is 0.202. The Morgan fingerprint density at radius 3 is 2.86 bits per heavy atom. The number of aromatic hydroxyl groups is 1. The zero-order valence-electron chi connectivity index (χ0n) is 8.32. The van der Waals surface area contributed by atoms with Crippen molar-refractivity contribution in [2.75, 3.05) is 0 Å². The van der Waals surface area contributed by atoms with Crippen molar-refractivity contribution in [1.82, 2.24) is 0 Å². The minimum absolute atomic E-state index is 0.202. The summed E-state index contributed by atoms with van der Waals surface area (Å²) in [6, 6.07) is 5.15. The lowest BCUT2D eigenvalue weighted by Crippen LogP contribution is -2.39. The summed E-state index contributed by atoms with van der Waals surface area (Å²) in [6.07, 6.45) is 2.25. The third kappa shape index (κ3) is 1.35. The van der Waals surface area contributed by atoms with Crippen LogP contribution < -0.4 is 0 Å². The van der Waals surface area contributed by atoms with Gasteiger partial charge in [0, 0.05) is 25.8 Å². The summed E-state index contributed by atoms with van der Waals surface area (Å²) < 4.78 is 0.953. The number of fused-ring (bicyclic) bond motifs is 1. The minimum atomic E-state index is -0.385. The predicted molar refractivity (Wildman–Crippen MR) is 54.7 cm³/mol. The van der Waals surface area contributed by atoms with Gasteiger partial charge in [0.15, 0.2) is 11.8 Å². The van der Waals surface area contributed by atoms with E-state index in [1.807, 2.05) is 19.9 Å². The summed E-state index contributed by atoms with van der Waals surface area (Å²) in [7, 11) is 0.